The smallest absolute Gasteiger partial charge is 0.240 e. The predicted octanol–water partition coefficient (Wildman–Crippen LogP) is 14.1. The minimum atomic E-state index is -3.62. The van der Waals surface area contributed by atoms with Gasteiger partial charge in [0.1, 0.15) is 17.2 Å². The van der Waals surface area contributed by atoms with Crippen LogP contribution >= 0.6 is 0 Å². The highest BCUT2D eigenvalue weighted by molar-refractivity contribution is 7.90. The molecule has 0 radical (unpaired) electrons. The van der Waals surface area contributed by atoms with Gasteiger partial charge in [-0.25, -0.2) is 39.4 Å². The van der Waals surface area contributed by atoms with E-state index in [4.69, 9.17) is 42.6 Å². The van der Waals surface area contributed by atoms with E-state index < -0.39 is 30.1 Å². The molecule has 6 aliphatic carbocycles. The quantitative estimate of drug-likeness (QED) is 0.0435. The summed E-state index contributed by atoms with van der Waals surface area (Å²) in [6.07, 6.45) is 26.5. The van der Waals surface area contributed by atoms with Crippen LogP contribution in [0.3, 0.4) is 0 Å². The monoisotopic (exact) mass is 1540 g/mol. The van der Waals surface area contributed by atoms with Gasteiger partial charge >= 0.3 is 0 Å². The maximum atomic E-state index is 13.0. The first-order valence-electron chi connectivity index (χ1n) is 39.6. The van der Waals surface area contributed by atoms with Crippen molar-refractivity contribution in [2.75, 3.05) is 81.9 Å². The average molecular weight is 1540 g/mol. The molecule has 9 fully saturated rings. The molecule has 0 bridgehead atoms. The summed E-state index contributed by atoms with van der Waals surface area (Å²) in [4.78, 5) is 8.49. The molecule has 0 amide bonds. The first kappa shape index (κ1) is 79.2. The Morgan fingerprint density at radius 1 is 0.269 bits per heavy atom. The van der Waals surface area contributed by atoms with Crippen molar-refractivity contribution in [3.63, 3.8) is 0 Å². The summed E-state index contributed by atoms with van der Waals surface area (Å²) >= 11 is 0. The maximum Gasteiger partial charge on any atom is 0.240 e. The Morgan fingerprint density at radius 3 is 0.722 bits per heavy atom. The minimum Gasteiger partial charge on any atom is -0.493 e. The van der Waals surface area contributed by atoms with Crippen LogP contribution in [0.2, 0.25) is 0 Å². The lowest BCUT2D eigenvalue weighted by Crippen LogP contribution is -2.46. The molecule has 3 N–H and O–H groups in total. The van der Waals surface area contributed by atoms with Crippen LogP contribution in [0.25, 0.3) is 0 Å². The van der Waals surface area contributed by atoms with E-state index in [-0.39, 0.29) is 32.8 Å². The first-order valence-corrected chi connectivity index (χ1v) is 44.1. The molecule has 15 rings (SSSR count). The lowest BCUT2D eigenvalue weighted by atomic mass is 9.85. The molecule has 588 valence electrons. The fourth-order valence-corrected chi connectivity index (χ4v) is 21.0. The van der Waals surface area contributed by atoms with Crippen LogP contribution in [0.4, 0.5) is 0 Å². The summed E-state index contributed by atoms with van der Waals surface area (Å²) < 4.78 is 137. The molecule has 21 nitrogen and oxygen atoms in total. The van der Waals surface area contributed by atoms with Gasteiger partial charge in [0.15, 0.2) is 34.5 Å². The van der Waals surface area contributed by atoms with Crippen molar-refractivity contribution in [3.8, 4) is 51.7 Å². The Hall–Kier alpha value is -6.87. The molecule has 3 heterocycles. The van der Waals surface area contributed by atoms with Gasteiger partial charge in [-0.15, -0.1) is 0 Å². The highest BCUT2D eigenvalue weighted by Crippen LogP contribution is 2.44. The SMILES string of the molecule is COc1ccc(S(=O)(=O)NC2CCC(N3CCC(c4ccccc4OC4CC4)CC3)CC2)cc1OC.COc1ccc(S(=O)(=O)NC2CCC(N3CCC(c4ccccc4OC4CC4)CC3)CC2)cc1OC.COc1ccc(S(=O)(=O)NC2CCC(N3CCC(c4ccccc4OC4CC4)CC3)CC2)cc1OC. The van der Waals surface area contributed by atoms with Crippen LogP contribution in [0, 0.1) is 0 Å². The number of methoxy groups -OCH3 is 6. The van der Waals surface area contributed by atoms with Gasteiger partial charge in [0.25, 0.3) is 0 Å². The summed E-state index contributed by atoms with van der Waals surface area (Å²) in [6.45, 7) is 6.55. The fraction of sp³-hybridized carbons (Fsp3) is 0.571. The molecule has 9 aliphatic rings. The second-order valence-corrected chi connectivity index (χ2v) is 36.1. The number of benzene rings is 6. The molecule has 108 heavy (non-hydrogen) atoms. The Bertz CT molecular complexity index is 3830. The van der Waals surface area contributed by atoms with Gasteiger partial charge in [-0.05, 0) is 282 Å². The lowest BCUT2D eigenvalue weighted by molar-refractivity contribution is 0.115. The lowest BCUT2D eigenvalue weighted by Gasteiger charge is -2.41. The maximum absolute atomic E-state index is 13.0. The third-order valence-corrected chi connectivity index (χ3v) is 28.3. The van der Waals surface area contributed by atoms with E-state index in [9.17, 15) is 25.3 Å². The first-order chi connectivity index (χ1) is 52.4. The molecule has 0 spiro atoms. The van der Waals surface area contributed by atoms with E-state index in [1.165, 1.54) is 116 Å². The zero-order chi connectivity index (χ0) is 75.4. The van der Waals surface area contributed by atoms with E-state index in [0.29, 0.717) is 88.7 Å². The molecule has 0 unspecified atom stereocenters. The topological polar surface area (TPSA) is 231 Å². The molecule has 24 heteroatoms. The van der Waals surface area contributed by atoms with Crippen LogP contribution in [0.1, 0.15) is 189 Å². The van der Waals surface area contributed by atoms with Gasteiger partial charge in [0.2, 0.25) is 30.1 Å². The Morgan fingerprint density at radius 2 is 0.500 bits per heavy atom. The predicted molar refractivity (Wildman–Crippen MR) is 419 cm³/mol. The molecule has 6 aromatic rings. The molecular weight excluding hydrogens is 1430 g/mol. The van der Waals surface area contributed by atoms with Crippen LogP contribution < -0.4 is 56.8 Å². The van der Waals surface area contributed by atoms with Crippen molar-refractivity contribution in [2.45, 2.75) is 241 Å². The average Bonchev–Trinajstić information content (AvgIpc) is 1.42. The van der Waals surface area contributed by atoms with Gasteiger partial charge in [0.05, 0.1) is 75.7 Å². The number of likely N-dealkylation sites (tertiary alicyclic amines) is 3. The van der Waals surface area contributed by atoms with E-state index in [2.05, 4.69) is 102 Å². The van der Waals surface area contributed by atoms with Gasteiger partial charge < -0.3 is 57.3 Å². The van der Waals surface area contributed by atoms with Crippen LogP contribution in [0.5, 0.6) is 51.7 Å². The normalized spacial score (nSPS) is 23.8. The summed E-state index contributed by atoms with van der Waals surface area (Å²) in [7, 11) is -1.73. The molecule has 6 aromatic carbocycles. The number of hydrogen-bond donors (Lipinski definition) is 3. The summed E-state index contributed by atoms with van der Waals surface area (Å²) in [6, 6.07) is 41.4. The summed E-state index contributed by atoms with van der Waals surface area (Å²) in [5.74, 6) is 7.70. The number of nitrogens with one attached hydrogen (secondary N) is 3. The number of ether oxygens (including phenoxy) is 9. The summed E-state index contributed by atoms with van der Waals surface area (Å²) in [5, 5.41) is 0. The van der Waals surface area contributed by atoms with Crippen LogP contribution in [-0.2, 0) is 30.1 Å². The highest BCUT2D eigenvalue weighted by atomic mass is 32.2. The summed E-state index contributed by atoms with van der Waals surface area (Å²) in [5.41, 5.74) is 4.12. The highest BCUT2D eigenvalue weighted by Gasteiger charge is 2.38. The molecule has 3 aliphatic heterocycles. The van der Waals surface area contributed by atoms with Gasteiger partial charge in [-0.2, -0.15) is 0 Å². The zero-order valence-corrected chi connectivity index (χ0v) is 66.4. The Labute approximate surface area is 641 Å². The third-order valence-electron chi connectivity index (χ3n) is 23.7. The molecular formula is C84H114N6O15S3. The molecule has 0 atom stereocenters. The minimum absolute atomic E-state index is 0.0386. The van der Waals surface area contributed by atoms with Gasteiger partial charge in [-0.1, -0.05) is 54.6 Å². The van der Waals surface area contributed by atoms with Crippen molar-refractivity contribution in [2.24, 2.45) is 0 Å². The Balaban J connectivity index is 0.000000143. The van der Waals surface area contributed by atoms with Gasteiger partial charge in [0, 0.05) is 54.5 Å². The largest absolute Gasteiger partial charge is 0.493 e. The van der Waals surface area contributed by atoms with E-state index in [1.807, 2.05) is 0 Å². The number of piperidine rings is 3. The van der Waals surface area contributed by atoms with Crippen molar-refractivity contribution < 1.29 is 67.9 Å². The molecule has 3 saturated heterocycles. The number of nitrogens with zero attached hydrogens (tertiary/aromatic N) is 3. The second-order valence-electron chi connectivity index (χ2n) is 30.9. The van der Waals surface area contributed by atoms with Crippen molar-refractivity contribution in [1.29, 1.82) is 0 Å². The van der Waals surface area contributed by atoms with Gasteiger partial charge in [-0.3, -0.25) is 0 Å². The zero-order valence-electron chi connectivity index (χ0n) is 64.0. The van der Waals surface area contributed by atoms with Crippen LogP contribution in [-0.4, -0.2) is 176 Å². The molecule has 0 aromatic heterocycles. The van der Waals surface area contributed by atoms with Crippen LogP contribution in [0.15, 0.2) is 142 Å². The molecule has 6 saturated carbocycles. The number of rotatable bonds is 27. The van der Waals surface area contributed by atoms with E-state index in [0.717, 1.165) is 172 Å². The Kier molecular flexibility index (Phi) is 26.8. The number of sulfonamides is 3. The number of hydrogen-bond acceptors (Lipinski definition) is 18. The fourth-order valence-electron chi connectivity index (χ4n) is 17.1. The second kappa shape index (κ2) is 36.5. The number of para-hydroxylation sites is 3. The van der Waals surface area contributed by atoms with Crippen molar-refractivity contribution >= 4 is 30.1 Å². The standard InChI is InChI=1S/3C28H38N2O5S/c3*1-33-27-14-13-24(19-28(27)34-2)36(31,32)29-21-7-9-22(10-8-21)30-17-15-20(16-18-30)25-5-3-4-6-26(25)35-23-11-12-23/h3*3-6,13-14,19-23,29H,7-12,15-18H2,1-2H3. The third kappa shape index (κ3) is 20.6. The van der Waals surface area contributed by atoms with E-state index in [1.54, 1.807) is 36.4 Å². The van der Waals surface area contributed by atoms with E-state index >= 15 is 0 Å². The van der Waals surface area contributed by atoms with Crippen molar-refractivity contribution in [1.82, 2.24) is 28.9 Å². The van der Waals surface area contributed by atoms with Crippen molar-refractivity contribution in [3.05, 3.63) is 144 Å².